The Hall–Kier alpha value is -0.113. The number of alkyl halides is 3. The third-order valence-corrected chi connectivity index (χ3v) is 7.44. The molecule has 0 unspecified atom stereocenters. The summed E-state index contributed by atoms with van der Waals surface area (Å²) in [5, 5.41) is 17.9. The average molecular weight is 302 g/mol. The zero-order valence-electron chi connectivity index (χ0n) is 12.2. The third kappa shape index (κ3) is 6.24. The average Bonchev–Trinajstić information content (AvgIpc) is 2.19. The van der Waals surface area contributed by atoms with Gasteiger partial charge in [-0.05, 0) is 20.3 Å². The number of aliphatic hydroxyl groups excluding tert-OH is 2. The Balaban J connectivity index is 4.37. The van der Waals surface area contributed by atoms with Crippen LogP contribution in [0.15, 0.2) is 0 Å². The van der Waals surface area contributed by atoms with E-state index in [1.807, 2.05) is 13.8 Å². The Morgan fingerprint density at radius 1 is 1.16 bits per heavy atom. The Kier molecular flexibility index (Phi) is 6.52. The van der Waals surface area contributed by atoms with Crippen molar-refractivity contribution in [2.45, 2.75) is 57.4 Å². The van der Waals surface area contributed by atoms with Crippen LogP contribution in [0.3, 0.4) is 0 Å². The van der Waals surface area contributed by atoms with Crippen LogP contribution in [0.1, 0.15) is 20.3 Å². The Morgan fingerprint density at radius 3 is 1.95 bits per heavy atom. The van der Waals surface area contributed by atoms with Crippen molar-refractivity contribution in [2.75, 3.05) is 13.2 Å². The highest BCUT2D eigenvalue weighted by Crippen LogP contribution is 2.30. The normalized spacial score (nSPS) is 17.4. The van der Waals surface area contributed by atoms with Gasteiger partial charge in [0.15, 0.2) is 0 Å². The van der Waals surface area contributed by atoms with E-state index in [1.54, 1.807) is 0 Å². The second-order valence-electron chi connectivity index (χ2n) is 6.38. The van der Waals surface area contributed by atoms with Crippen molar-refractivity contribution in [3.8, 4) is 0 Å². The second-order valence-corrected chi connectivity index (χ2v) is 12.1. The van der Waals surface area contributed by atoms with E-state index >= 15 is 0 Å². The number of ether oxygens (including phenoxy) is 1. The predicted molar refractivity (Wildman–Crippen MR) is 70.6 cm³/mol. The first-order valence-electron chi connectivity index (χ1n) is 6.31. The van der Waals surface area contributed by atoms with Gasteiger partial charge in [0.1, 0.15) is 0 Å². The minimum absolute atomic E-state index is 0.149. The maximum absolute atomic E-state index is 12.4. The maximum atomic E-state index is 12.4. The first-order chi connectivity index (χ1) is 8.31. The molecule has 116 valence electrons. The lowest BCUT2D eigenvalue weighted by atomic mass is 10.0. The predicted octanol–water partition coefficient (Wildman–Crippen LogP) is 2.58. The topological polar surface area (TPSA) is 49.7 Å². The van der Waals surface area contributed by atoms with E-state index in [0.29, 0.717) is 0 Å². The fraction of sp³-hybridized carbons (Fsp3) is 1.00. The molecule has 0 saturated carbocycles. The summed E-state index contributed by atoms with van der Waals surface area (Å²) in [4.78, 5) is 0. The van der Waals surface area contributed by atoms with Crippen LogP contribution >= 0.6 is 0 Å². The quantitative estimate of drug-likeness (QED) is 0.711. The zero-order chi connectivity index (χ0) is 15.5. The zero-order valence-corrected chi connectivity index (χ0v) is 13.2. The second kappa shape index (κ2) is 6.56. The van der Waals surface area contributed by atoms with E-state index in [9.17, 15) is 18.3 Å². The van der Waals surface area contributed by atoms with Gasteiger partial charge in [-0.3, -0.25) is 0 Å². The van der Waals surface area contributed by atoms with Crippen molar-refractivity contribution in [1.82, 2.24) is 0 Å². The maximum Gasteiger partial charge on any atom is 0.394 e. The fourth-order valence-electron chi connectivity index (χ4n) is 1.23. The SMILES string of the molecule is CC(C)(OC[C@@H](O)C[C@H](CO)C(F)(F)F)[Si](C)(C)C. The summed E-state index contributed by atoms with van der Waals surface area (Å²) in [6.07, 6.45) is -6.26. The van der Waals surface area contributed by atoms with Crippen molar-refractivity contribution in [3.63, 3.8) is 0 Å². The number of hydrogen-bond acceptors (Lipinski definition) is 3. The van der Waals surface area contributed by atoms with Crippen LogP contribution in [-0.2, 0) is 4.74 Å². The van der Waals surface area contributed by atoms with Gasteiger partial charge in [0.05, 0.1) is 38.5 Å². The van der Waals surface area contributed by atoms with E-state index in [0.717, 1.165) is 0 Å². The van der Waals surface area contributed by atoms with Crippen LogP contribution in [0.4, 0.5) is 13.2 Å². The molecular weight excluding hydrogens is 277 g/mol. The van der Waals surface area contributed by atoms with Crippen molar-refractivity contribution < 1.29 is 28.1 Å². The Labute approximate surface area is 113 Å². The standard InChI is InChI=1S/C12H25F3O3Si/c1-11(2,19(3,4)5)18-8-10(17)6-9(7-16)12(13,14)15/h9-10,16-17H,6-8H2,1-5H3/t9-,10+/m1/s1. The molecule has 2 N–H and O–H groups in total. The Morgan fingerprint density at radius 2 is 1.63 bits per heavy atom. The molecule has 19 heavy (non-hydrogen) atoms. The first-order valence-corrected chi connectivity index (χ1v) is 9.81. The summed E-state index contributed by atoms with van der Waals surface area (Å²) in [6, 6.07) is 0. The van der Waals surface area contributed by atoms with Gasteiger partial charge in [-0.2, -0.15) is 13.2 Å². The number of hydrogen-bond donors (Lipinski definition) is 2. The molecule has 7 heteroatoms. The van der Waals surface area contributed by atoms with Crippen molar-refractivity contribution in [2.24, 2.45) is 5.92 Å². The minimum atomic E-state index is -4.50. The molecule has 0 spiro atoms. The molecule has 0 aliphatic rings. The van der Waals surface area contributed by atoms with Gasteiger partial charge in [0.25, 0.3) is 0 Å². The highest BCUT2D eigenvalue weighted by Gasteiger charge is 2.41. The lowest BCUT2D eigenvalue weighted by Crippen LogP contribution is -2.50. The summed E-state index contributed by atoms with van der Waals surface area (Å²) >= 11 is 0. The molecule has 0 aromatic carbocycles. The van der Waals surface area contributed by atoms with Crippen molar-refractivity contribution in [3.05, 3.63) is 0 Å². The summed E-state index contributed by atoms with van der Waals surface area (Å²) in [5.74, 6) is -1.90. The Bertz CT molecular complexity index is 274. The van der Waals surface area contributed by atoms with Crippen molar-refractivity contribution >= 4 is 8.07 Å². The molecule has 0 aliphatic carbocycles. The first kappa shape index (κ1) is 18.9. The van der Waals surface area contributed by atoms with Gasteiger partial charge in [-0.25, -0.2) is 0 Å². The van der Waals surface area contributed by atoms with Crippen LogP contribution < -0.4 is 0 Å². The van der Waals surface area contributed by atoms with Crippen LogP contribution in [-0.4, -0.2) is 49.0 Å². The molecule has 0 aromatic heterocycles. The monoisotopic (exact) mass is 302 g/mol. The van der Waals surface area contributed by atoms with Gasteiger partial charge in [0.2, 0.25) is 0 Å². The molecule has 0 heterocycles. The molecule has 2 atom stereocenters. The van der Waals surface area contributed by atoms with E-state index in [4.69, 9.17) is 9.84 Å². The van der Waals surface area contributed by atoms with Gasteiger partial charge in [0, 0.05) is 0 Å². The molecule has 0 fully saturated rings. The molecule has 0 aliphatic heterocycles. The lowest BCUT2D eigenvalue weighted by molar-refractivity contribution is -0.193. The van der Waals surface area contributed by atoms with Gasteiger partial charge >= 0.3 is 6.18 Å². The van der Waals surface area contributed by atoms with E-state index in [1.165, 1.54) is 0 Å². The molecule has 0 aromatic rings. The molecule has 0 bridgehead atoms. The summed E-state index contributed by atoms with van der Waals surface area (Å²) in [6.45, 7) is 8.88. The fourth-order valence-corrected chi connectivity index (χ4v) is 1.75. The van der Waals surface area contributed by atoms with Gasteiger partial charge in [-0.15, -0.1) is 0 Å². The largest absolute Gasteiger partial charge is 0.396 e. The molecule has 0 saturated heterocycles. The molecular formula is C12H25F3O3Si. The summed E-state index contributed by atoms with van der Waals surface area (Å²) < 4.78 is 42.9. The van der Waals surface area contributed by atoms with E-state index in [-0.39, 0.29) is 6.61 Å². The van der Waals surface area contributed by atoms with Crippen LogP contribution in [0.5, 0.6) is 0 Å². The molecule has 3 nitrogen and oxygen atoms in total. The van der Waals surface area contributed by atoms with Crippen LogP contribution in [0.25, 0.3) is 0 Å². The number of aliphatic hydroxyl groups is 2. The highest BCUT2D eigenvalue weighted by molar-refractivity contribution is 6.78. The molecule has 0 amide bonds. The molecule has 0 rings (SSSR count). The lowest BCUT2D eigenvalue weighted by Gasteiger charge is -2.38. The van der Waals surface area contributed by atoms with Gasteiger partial charge in [-0.1, -0.05) is 19.6 Å². The van der Waals surface area contributed by atoms with E-state index in [2.05, 4.69) is 19.6 Å². The highest BCUT2D eigenvalue weighted by atomic mass is 28.3. The van der Waals surface area contributed by atoms with Gasteiger partial charge < -0.3 is 14.9 Å². The molecule has 0 radical (unpaired) electrons. The third-order valence-electron chi connectivity index (χ3n) is 3.68. The smallest absolute Gasteiger partial charge is 0.394 e. The number of rotatable bonds is 7. The minimum Gasteiger partial charge on any atom is -0.396 e. The number of halogens is 3. The van der Waals surface area contributed by atoms with E-state index < -0.39 is 44.5 Å². The van der Waals surface area contributed by atoms with Crippen LogP contribution in [0, 0.1) is 5.92 Å². The summed E-state index contributed by atoms with van der Waals surface area (Å²) in [5.41, 5.74) is 0. The van der Waals surface area contributed by atoms with Crippen molar-refractivity contribution in [1.29, 1.82) is 0 Å². The van der Waals surface area contributed by atoms with Crippen LogP contribution in [0.2, 0.25) is 19.6 Å². The summed E-state index contributed by atoms with van der Waals surface area (Å²) in [7, 11) is -1.64.